The zero-order valence-electron chi connectivity index (χ0n) is 16.8. The molecule has 2 N–H and O–H groups in total. The molecule has 5 nitrogen and oxygen atoms in total. The van der Waals surface area contributed by atoms with Crippen molar-refractivity contribution < 1.29 is 9.47 Å². The van der Waals surface area contributed by atoms with Gasteiger partial charge < -0.3 is 20.1 Å². The average molecular weight is 489 g/mol. The van der Waals surface area contributed by atoms with Crippen LogP contribution in [-0.4, -0.2) is 39.4 Å². The van der Waals surface area contributed by atoms with Gasteiger partial charge in [-0.05, 0) is 49.8 Å². The first-order chi connectivity index (χ1) is 12.8. The number of unbranched alkanes of at least 4 members (excludes halogenated alkanes) is 2. The number of methoxy groups -OCH3 is 1. The molecule has 0 aromatic heterocycles. The molecule has 154 valence electrons. The van der Waals surface area contributed by atoms with Crippen molar-refractivity contribution in [3.8, 4) is 5.75 Å². The van der Waals surface area contributed by atoms with Crippen LogP contribution in [0.3, 0.4) is 0 Å². The van der Waals surface area contributed by atoms with E-state index >= 15 is 0 Å². The second kappa shape index (κ2) is 15.0. The maximum atomic E-state index is 5.97. The molecule has 0 spiro atoms. The number of ether oxygens (including phenoxy) is 2. The number of halogens is 1. The van der Waals surface area contributed by atoms with E-state index in [0.29, 0.717) is 6.10 Å². The van der Waals surface area contributed by atoms with Crippen LogP contribution in [0.1, 0.15) is 56.9 Å². The molecule has 1 saturated carbocycles. The Morgan fingerprint density at radius 3 is 2.67 bits per heavy atom. The smallest absolute Gasteiger partial charge is 0.191 e. The van der Waals surface area contributed by atoms with Gasteiger partial charge in [0.15, 0.2) is 5.96 Å². The van der Waals surface area contributed by atoms with E-state index < -0.39 is 0 Å². The van der Waals surface area contributed by atoms with Crippen LogP contribution >= 0.6 is 24.0 Å². The molecule has 0 heterocycles. The van der Waals surface area contributed by atoms with Crippen LogP contribution in [0.4, 0.5) is 0 Å². The average Bonchev–Trinajstić information content (AvgIpc) is 2.70. The summed E-state index contributed by atoms with van der Waals surface area (Å²) >= 11 is 0. The van der Waals surface area contributed by atoms with E-state index in [0.717, 1.165) is 44.2 Å². The Morgan fingerprint density at radius 2 is 1.93 bits per heavy atom. The maximum Gasteiger partial charge on any atom is 0.191 e. The summed E-state index contributed by atoms with van der Waals surface area (Å²) in [5.41, 5.74) is 1.17. The van der Waals surface area contributed by atoms with Gasteiger partial charge >= 0.3 is 0 Å². The molecule has 0 saturated heterocycles. The van der Waals surface area contributed by atoms with Crippen LogP contribution in [0.2, 0.25) is 0 Å². The van der Waals surface area contributed by atoms with E-state index in [1.807, 2.05) is 18.2 Å². The lowest BCUT2D eigenvalue weighted by molar-refractivity contribution is 0.0264. The predicted octanol–water partition coefficient (Wildman–Crippen LogP) is 4.50. The summed E-state index contributed by atoms with van der Waals surface area (Å²) in [7, 11) is 3.49. The molecule has 0 unspecified atom stereocenters. The van der Waals surface area contributed by atoms with E-state index in [9.17, 15) is 0 Å². The van der Waals surface area contributed by atoms with Crippen molar-refractivity contribution in [3.05, 3.63) is 29.8 Å². The van der Waals surface area contributed by atoms with Gasteiger partial charge in [0.25, 0.3) is 0 Å². The molecular weight excluding hydrogens is 453 g/mol. The zero-order valence-corrected chi connectivity index (χ0v) is 19.2. The monoisotopic (exact) mass is 489 g/mol. The fraction of sp³-hybridized carbons (Fsp3) is 0.667. The van der Waals surface area contributed by atoms with Crippen LogP contribution in [0.25, 0.3) is 0 Å². The summed E-state index contributed by atoms with van der Waals surface area (Å²) in [4.78, 5) is 4.28. The van der Waals surface area contributed by atoms with E-state index in [1.54, 1.807) is 14.2 Å². The van der Waals surface area contributed by atoms with E-state index in [1.165, 1.54) is 44.1 Å². The van der Waals surface area contributed by atoms with Gasteiger partial charge in [-0.1, -0.05) is 31.4 Å². The lowest BCUT2D eigenvalue weighted by Crippen LogP contribution is -2.37. The standard InChI is InChI=1S/C21H35N3O2.HI/c1-22-21(24-17-18-10-9-13-20(16-18)25-2)23-14-7-4-8-15-26-19-11-5-3-6-12-19;/h9-10,13,16,19H,3-8,11-12,14-15,17H2,1-2H3,(H2,22,23,24);1H. The highest BCUT2D eigenvalue weighted by atomic mass is 127. The summed E-state index contributed by atoms with van der Waals surface area (Å²) in [5, 5.41) is 6.72. The molecule has 1 aromatic rings. The maximum absolute atomic E-state index is 5.97. The third-order valence-electron chi connectivity index (χ3n) is 4.84. The van der Waals surface area contributed by atoms with Gasteiger partial charge in [0.2, 0.25) is 0 Å². The van der Waals surface area contributed by atoms with E-state index in [2.05, 4.69) is 21.7 Å². The van der Waals surface area contributed by atoms with Crippen LogP contribution in [0.15, 0.2) is 29.3 Å². The lowest BCUT2D eigenvalue weighted by atomic mass is 9.98. The molecule has 0 aliphatic heterocycles. The fourth-order valence-electron chi connectivity index (χ4n) is 3.28. The van der Waals surface area contributed by atoms with Crippen LogP contribution in [-0.2, 0) is 11.3 Å². The number of hydrogen-bond acceptors (Lipinski definition) is 3. The Kier molecular flexibility index (Phi) is 13.3. The normalized spacial score (nSPS) is 15.1. The van der Waals surface area contributed by atoms with Crippen molar-refractivity contribution in [1.29, 1.82) is 0 Å². The molecule has 1 aliphatic rings. The lowest BCUT2D eigenvalue weighted by Gasteiger charge is -2.21. The largest absolute Gasteiger partial charge is 0.497 e. The van der Waals surface area contributed by atoms with Gasteiger partial charge in [0.05, 0.1) is 13.2 Å². The fourth-order valence-corrected chi connectivity index (χ4v) is 3.28. The molecule has 1 aliphatic carbocycles. The van der Waals surface area contributed by atoms with Gasteiger partial charge in [-0.3, -0.25) is 4.99 Å². The number of nitrogens with one attached hydrogen (secondary N) is 2. The molecule has 2 rings (SSSR count). The van der Waals surface area contributed by atoms with Gasteiger partial charge in [0, 0.05) is 26.7 Å². The third-order valence-corrected chi connectivity index (χ3v) is 4.84. The Hall–Kier alpha value is -1.02. The summed E-state index contributed by atoms with van der Waals surface area (Å²) < 4.78 is 11.2. The number of rotatable bonds is 10. The van der Waals surface area contributed by atoms with Crippen molar-refractivity contribution in [2.45, 2.75) is 64.0 Å². The molecule has 0 atom stereocenters. The first-order valence-corrected chi connectivity index (χ1v) is 10.0. The highest BCUT2D eigenvalue weighted by molar-refractivity contribution is 14.0. The SMILES string of the molecule is CN=C(NCCCCCOC1CCCCC1)NCc1cccc(OC)c1.I. The molecule has 1 fully saturated rings. The minimum atomic E-state index is 0. The molecule has 0 radical (unpaired) electrons. The summed E-state index contributed by atoms with van der Waals surface area (Å²) in [6.07, 6.45) is 10.6. The van der Waals surface area contributed by atoms with Gasteiger partial charge in [-0.2, -0.15) is 0 Å². The highest BCUT2D eigenvalue weighted by Gasteiger charge is 2.12. The Morgan fingerprint density at radius 1 is 1.11 bits per heavy atom. The van der Waals surface area contributed by atoms with Crippen molar-refractivity contribution in [1.82, 2.24) is 10.6 Å². The minimum absolute atomic E-state index is 0. The number of benzene rings is 1. The summed E-state index contributed by atoms with van der Waals surface area (Å²) in [6.45, 7) is 2.57. The molecule has 27 heavy (non-hydrogen) atoms. The predicted molar refractivity (Wildman–Crippen MR) is 123 cm³/mol. The van der Waals surface area contributed by atoms with Gasteiger partial charge in [-0.25, -0.2) is 0 Å². The first kappa shape index (κ1) is 24.0. The number of guanidine groups is 1. The zero-order chi connectivity index (χ0) is 18.5. The third kappa shape index (κ3) is 10.2. The van der Waals surface area contributed by atoms with Crippen molar-refractivity contribution in [2.24, 2.45) is 4.99 Å². The van der Waals surface area contributed by atoms with Gasteiger partial charge in [-0.15, -0.1) is 24.0 Å². The molecular formula is C21H36IN3O2. The van der Waals surface area contributed by atoms with Crippen molar-refractivity contribution >= 4 is 29.9 Å². The first-order valence-electron chi connectivity index (χ1n) is 10.0. The Bertz CT molecular complexity index is 534. The number of aliphatic imine (C=N–C) groups is 1. The topological polar surface area (TPSA) is 54.9 Å². The summed E-state index contributed by atoms with van der Waals surface area (Å²) in [5.74, 6) is 1.72. The molecule has 0 bridgehead atoms. The van der Waals surface area contributed by atoms with Crippen LogP contribution in [0.5, 0.6) is 5.75 Å². The Balaban J connectivity index is 0.00000364. The van der Waals surface area contributed by atoms with Gasteiger partial charge in [0.1, 0.15) is 5.75 Å². The second-order valence-electron chi connectivity index (χ2n) is 6.90. The minimum Gasteiger partial charge on any atom is -0.497 e. The number of nitrogens with zero attached hydrogens (tertiary/aromatic N) is 1. The number of hydrogen-bond donors (Lipinski definition) is 2. The van der Waals surface area contributed by atoms with E-state index in [-0.39, 0.29) is 24.0 Å². The highest BCUT2D eigenvalue weighted by Crippen LogP contribution is 2.20. The molecule has 0 amide bonds. The van der Waals surface area contributed by atoms with Crippen LogP contribution < -0.4 is 15.4 Å². The molecule has 6 heteroatoms. The van der Waals surface area contributed by atoms with E-state index in [4.69, 9.17) is 9.47 Å². The Labute approximate surface area is 181 Å². The van der Waals surface area contributed by atoms with Crippen molar-refractivity contribution in [2.75, 3.05) is 27.3 Å². The quantitative estimate of drug-likeness (QED) is 0.220. The summed E-state index contributed by atoms with van der Waals surface area (Å²) in [6, 6.07) is 8.07. The van der Waals surface area contributed by atoms with Crippen molar-refractivity contribution in [3.63, 3.8) is 0 Å². The second-order valence-corrected chi connectivity index (χ2v) is 6.90. The van der Waals surface area contributed by atoms with Crippen LogP contribution in [0, 0.1) is 0 Å². The molecule has 1 aromatic carbocycles.